The Bertz CT molecular complexity index is 406. The topological polar surface area (TPSA) is 47.9 Å². The minimum absolute atomic E-state index is 0.0269. The highest BCUT2D eigenvalue weighted by Crippen LogP contribution is 2.17. The van der Waals surface area contributed by atoms with E-state index in [-0.39, 0.29) is 32.1 Å². The summed E-state index contributed by atoms with van der Waals surface area (Å²) in [5.41, 5.74) is 0. The first kappa shape index (κ1) is 13.3. The molecule has 0 spiro atoms. The van der Waals surface area contributed by atoms with Gasteiger partial charge in [-0.25, -0.2) is 18.6 Å². The van der Waals surface area contributed by atoms with E-state index < -0.39 is 11.6 Å². The molecule has 0 N–H and O–H groups in total. The van der Waals surface area contributed by atoms with Crippen LogP contribution in [0.3, 0.4) is 0 Å². The van der Waals surface area contributed by atoms with Crippen LogP contribution in [-0.2, 0) is 9.53 Å². The number of ether oxygens (including phenoxy) is 2. The lowest BCUT2D eigenvalue weighted by Gasteiger charge is -2.07. The maximum Gasteiger partial charge on any atom is 0.235 e. The first-order chi connectivity index (χ1) is 8.24. The van der Waals surface area contributed by atoms with E-state index in [0.717, 1.165) is 12.1 Å². The molecule has 1 rings (SSSR count). The van der Waals surface area contributed by atoms with Crippen molar-refractivity contribution in [3.63, 3.8) is 0 Å². The van der Waals surface area contributed by atoms with Crippen molar-refractivity contribution in [1.29, 1.82) is 0 Å². The summed E-state index contributed by atoms with van der Waals surface area (Å²) in [6.45, 7) is 0.859. The monoisotopic (exact) mass is 243 g/mol. The molecule has 0 fully saturated rings. The Hall–Kier alpha value is -1.78. The molecule has 1 aromatic rings. The van der Waals surface area contributed by atoms with Gasteiger partial charge in [0.15, 0.2) is 11.6 Å². The number of benzene rings is 1. The largest absolute Gasteiger partial charge is 0.488 e. The summed E-state index contributed by atoms with van der Waals surface area (Å²) in [4.78, 5) is 13.0. The number of carbonyl (C=O) groups excluding carboxylic acids is 1. The number of rotatable bonds is 7. The average Bonchev–Trinajstić information content (AvgIpc) is 2.30. The van der Waals surface area contributed by atoms with Crippen LogP contribution < -0.4 is 4.74 Å². The molecule has 0 atom stereocenters. The van der Waals surface area contributed by atoms with Crippen molar-refractivity contribution >= 4 is 6.08 Å². The first-order valence-electron chi connectivity index (χ1n) is 4.93. The second-order valence-corrected chi connectivity index (χ2v) is 3.01. The summed E-state index contributed by atoms with van der Waals surface area (Å²) in [6.07, 6.45) is 1.38. The molecular weight excluding hydrogens is 232 g/mol. The standard InChI is InChI=1S/C11H11F2NO3/c12-9-1-2-11(10(13)7-9)17-6-5-16-4-3-14-8-15/h1-2,7H,3-6H2. The van der Waals surface area contributed by atoms with E-state index in [4.69, 9.17) is 9.47 Å². The van der Waals surface area contributed by atoms with Gasteiger partial charge in [0.1, 0.15) is 12.4 Å². The van der Waals surface area contributed by atoms with E-state index in [1.165, 1.54) is 12.1 Å². The van der Waals surface area contributed by atoms with Crippen LogP contribution >= 0.6 is 0 Å². The van der Waals surface area contributed by atoms with E-state index in [0.29, 0.717) is 0 Å². The third-order valence-electron chi connectivity index (χ3n) is 1.79. The van der Waals surface area contributed by atoms with Crippen LogP contribution in [0.2, 0.25) is 0 Å². The van der Waals surface area contributed by atoms with Gasteiger partial charge in [-0.05, 0) is 12.1 Å². The van der Waals surface area contributed by atoms with E-state index in [2.05, 4.69) is 4.99 Å². The zero-order chi connectivity index (χ0) is 12.5. The summed E-state index contributed by atoms with van der Waals surface area (Å²) in [5, 5.41) is 0. The Balaban J connectivity index is 2.20. The van der Waals surface area contributed by atoms with Gasteiger partial charge < -0.3 is 9.47 Å². The van der Waals surface area contributed by atoms with E-state index >= 15 is 0 Å². The zero-order valence-electron chi connectivity index (χ0n) is 8.99. The van der Waals surface area contributed by atoms with Crippen molar-refractivity contribution in [2.45, 2.75) is 0 Å². The molecule has 0 aromatic heterocycles. The lowest BCUT2D eigenvalue weighted by atomic mass is 10.3. The van der Waals surface area contributed by atoms with Crippen molar-refractivity contribution in [1.82, 2.24) is 0 Å². The fourth-order valence-corrected chi connectivity index (χ4v) is 1.06. The van der Waals surface area contributed by atoms with Gasteiger partial charge in [-0.3, -0.25) is 0 Å². The minimum Gasteiger partial charge on any atom is -0.488 e. The summed E-state index contributed by atoms with van der Waals surface area (Å²) in [6, 6.07) is 3.06. The zero-order valence-corrected chi connectivity index (χ0v) is 8.99. The molecule has 0 aliphatic heterocycles. The van der Waals surface area contributed by atoms with Crippen LogP contribution in [0, 0.1) is 11.6 Å². The fourth-order valence-electron chi connectivity index (χ4n) is 1.06. The van der Waals surface area contributed by atoms with Crippen LogP contribution in [0.4, 0.5) is 8.78 Å². The Labute approximate surface area is 96.9 Å². The lowest BCUT2D eigenvalue weighted by molar-refractivity contribution is 0.104. The van der Waals surface area contributed by atoms with Gasteiger partial charge in [0.2, 0.25) is 6.08 Å². The maximum atomic E-state index is 13.1. The first-order valence-corrected chi connectivity index (χ1v) is 4.93. The van der Waals surface area contributed by atoms with Crippen LogP contribution in [0.5, 0.6) is 5.75 Å². The summed E-state index contributed by atoms with van der Waals surface area (Å²) >= 11 is 0. The molecule has 4 nitrogen and oxygen atoms in total. The van der Waals surface area contributed by atoms with Gasteiger partial charge in [-0.2, -0.15) is 0 Å². The van der Waals surface area contributed by atoms with Crippen molar-refractivity contribution in [3.8, 4) is 5.75 Å². The fraction of sp³-hybridized carbons (Fsp3) is 0.364. The van der Waals surface area contributed by atoms with Crippen molar-refractivity contribution in [3.05, 3.63) is 29.8 Å². The van der Waals surface area contributed by atoms with Gasteiger partial charge in [-0.1, -0.05) is 0 Å². The molecule has 1 aromatic carbocycles. The van der Waals surface area contributed by atoms with Crippen molar-refractivity contribution < 1.29 is 23.0 Å². The smallest absolute Gasteiger partial charge is 0.235 e. The third kappa shape index (κ3) is 5.19. The Morgan fingerprint density at radius 2 is 2.06 bits per heavy atom. The molecule has 0 heterocycles. The Morgan fingerprint density at radius 3 is 2.76 bits per heavy atom. The number of nitrogens with zero attached hydrogens (tertiary/aromatic N) is 1. The van der Waals surface area contributed by atoms with Crippen LogP contribution in [0.1, 0.15) is 0 Å². The molecule has 0 saturated heterocycles. The number of isocyanates is 1. The molecule has 6 heteroatoms. The number of aliphatic imine (C=N–C) groups is 1. The van der Waals surface area contributed by atoms with Crippen molar-refractivity contribution in [2.24, 2.45) is 4.99 Å². The molecule has 0 saturated carbocycles. The van der Waals surface area contributed by atoms with Gasteiger partial charge in [0.25, 0.3) is 0 Å². The normalized spacial score (nSPS) is 9.76. The molecule has 0 aliphatic carbocycles. The molecule has 0 aliphatic rings. The van der Waals surface area contributed by atoms with Crippen LogP contribution in [0.25, 0.3) is 0 Å². The predicted molar refractivity (Wildman–Crippen MR) is 55.7 cm³/mol. The molecule has 17 heavy (non-hydrogen) atoms. The number of halogens is 2. The average molecular weight is 243 g/mol. The van der Waals surface area contributed by atoms with Gasteiger partial charge >= 0.3 is 0 Å². The molecule has 0 amide bonds. The lowest BCUT2D eigenvalue weighted by Crippen LogP contribution is -2.09. The minimum atomic E-state index is -0.754. The summed E-state index contributed by atoms with van der Waals surface area (Å²) in [7, 11) is 0. The molecular formula is C11H11F2NO3. The van der Waals surface area contributed by atoms with E-state index in [1.54, 1.807) is 0 Å². The van der Waals surface area contributed by atoms with Gasteiger partial charge in [0.05, 0.1) is 19.8 Å². The Morgan fingerprint density at radius 1 is 1.24 bits per heavy atom. The second kappa shape index (κ2) is 7.49. The van der Waals surface area contributed by atoms with Gasteiger partial charge in [-0.15, -0.1) is 0 Å². The van der Waals surface area contributed by atoms with Crippen LogP contribution in [0.15, 0.2) is 23.2 Å². The highest BCUT2D eigenvalue weighted by atomic mass is 19.1. The summed E-state index contributed by atoms with van der Waals surface area (Å²) in [5.74, 6) is -1.44. The quantitative estimate of drug-likeness (QED) is 0.416. The Kier molecular flexibility index (Phi) is 5.85. The molecule has 92 valence electrons. The maximum absolute atomic E-state index is 13.1. The predicted octanol–water partition coefficient (Wildman–Crippen LogP) is 1.70. The van der Waals surface area contributed by atoms with E-state index in [1.807, 2.05) is 0 Å². The SMILES string of the molecule is O=C=NCCOCCOc1ccc(F)cc1F. The van der Waals surface area contributed by atoms with Gasteiger partial charge in [0, 0.05) is 6.07 Å². The molecule has 0 unspecified atom stereocenters. The highest BCUT2D eigenvalue weighted by molar-refractivity contribution is 5.32. The third-order valence-corrected chi connectivity index (χ3v) is 1.79. The molecule has 0 bridgehead atoms. The van der Waals surface area contributed by atoms with Crippen molar-refractivity contribution in [2.75, 3.05) is 26.4 Å². The summed E-state index contributed by atoms with van der Waals surface area (Å²) < 4.78 is 35.7. The number of hydrogen-bond donors (Lipinski definition) is 0. The highest BCUT2D eigenvalue weighted by Gasteiger charge is 2.03. The van der Waals surface area contributed by atoms with Crippen LogP contribution in [-0.4, -0.2) is 32.4 Å². The molecule has 0 radical (unpaired) electrons. The second-order valence-electron chi connectivity index (χ2n) is 3.01. The van der Waals surface area contributed by atoms with E-state index in [9.17, 15) is 13.6 Å². The number of hydrogen-bond acceptors (Lipinski definition) is 4.